The number of carbonyl (C=O) groups excluding carboxylic acids is 4. The maximum Gasteiger partial charge on any atom is 0.472 e. The predicted molar refractivity (Wildman–Crippen MR) is 349 cm³/mol. The van der Waals surface area contributed by atoms with Gasteiger partial charge in [-0.05, 0) is 49.4 Å². The summed E-state index contributed by atoms with van der Waals surface area (Å²) in [6.07, 6.45) is 39.3. The zero-order valence-corrected chi connectivity index (χ0v) is 58.4. The summed E-state index contributed by atoms with van der Waals surface area (Å²) in [5, 5.41) is 10.6. The molecule has 0 amide bonds. The topological polar surface area (TPSA) is 237 Å². The summed E-state index contributed by atoms with van der Waals surface area (Å²) in [6, 6.07) is 0. The first-order chi connectivity index (χ1) is 41.6. The molecule has 0 saturated carbocycles. The monoisotopic (exact) mass is 1280 g/mol. The summed E-state index contributed by atoms with van der Waals surface area (Å²) in [6.45, 7) is 14.0. The number of unbranched alkanes of at least 4 members (excludes halogenated alkanes) is 30. The van der Waals surface area contributed by atoms with E-state index in [1.807, 2.05) is 0 Å². The number of phosphoric ester groups is 2. The Balaban J connectivity index is 5.16. The Labute approximate surface area is 530 Å². The molecule has 6 atom stereocenters. The maximum absolute atomic E-state index is 13.0. The number of hydrogen-bond donors (Lipinski definition) is 3. The molecule has 0 radical (unpaired) electrons. The molecule has 4 unspecified atom stereocenters. The van der Waals surface area contributed by atoms with Gasteiger partial charge in [-0.25, -0.2) is 9.13 Å². The van der Waals surface area contributed by atoms with Gasteiger partial charge in [-0.2, -0.15) is 0 Å². The summed E-state index contributed by atoms with van der Waals surface area (Å²) in [4.78, 5) is 72.3. The molecule has 0 aromatic heterocycles. The second-order valence-corrected chi connectivity index (χ2v) is 29.1. The molecule has 516 valence electrons. The van der Waals surface area contributed by atoms with Gasteiger partial charge in [-0.3, -0.25) is 37.3 Å². The molecule has 87 heavy (non-hydrogen) atoms. The lowest BCUT2D eigenvalue weighted by Gasteiger charge is -2.21. The number of phosphoric acid groups is 2. The van der Waals surface area contributed by atoms with Crippen molar-refractivity contribution in [3.05, 3.63) is 0 Å². The van der Waals surface area contributed by atoms with Gasteiger partial charge in [0, 0.05) is 25.7 Å². The largest absolute Gasteiger partial charge is 0.472 e. The van der Waals surface area contributed by atoms with Crippen molar-refractivity contribution in [3.63, 3.8) is 0 Å². The lowest BCUT2D eigenvalue weighted by Crippen LogP contribution is -2.30. The van der Waals surface area contributed by atoms with Crippen LogP contribution in [0.3, 0.4) is 0 Å². The Bertz CT molecular complexity index is 1730. The molecule has 0 aliphatic rings. The van der Waals surface area contributed by atoms with Crippen molar-refractivity contribution >= 4 is 39.5 Å². The van der Waals surface area contributed by atoms with E-state index in [2.05, 4.69) is 55.4 Å². The number of aliphatic hydroxyl groups is 1. The van der Waals surface area contributed by atoms with Crippen LogP contribution in [0.15, 0.2) is 0 Å². The van der Waals surface area contributed by atoms with Crippen LogP contribution in [0.5, 0.6) is 0 Å². The van der Waals surface area contributed by atoms with Crippen LogP contribution in [0.25, 0.3) is 0 Å². The minimum atomic E-state index is -4.95. The molecule has 0 rings (SSSR count). The number of hydrogen-bond acceptors (Lipinski definition) is 15. The molecule has 0 bridgehead atoms. The molecular weight excluding hydrogens is 1150 g/mol. The highest BCUT2D eigenvalue weighted by molar-refractivity contribution is 7.47. The van der Waals surface area contributed by atoms with E-state index in [0.717, 1.165) is 102 Å². The van der Waals surface area contributed by atoms with E-state index < -0.39 is 97.5 Å². The van der Waals surface area contributed by atoms with E-state index in [0.29, 0.717) is 43.4 Å². The van der Waals surface area contributed by atoms with Crippen molar-refractivity contribution in [2.24, 2.45) is 23.7 Å². The van der Waals surface area contributed by atoms with Crippen LogP contribution in [0, 0.1) is 23.7 Å². The third-order valence-corrected chi connectivity index (χ3v) is 17.8. The predicted octanol–water partition coefficient (Wildman–Crippen LogP) is 18.9. The summed E-state index contributed by atoms with van der Waals surface area (Å²) in [5.41, 5.74) is 0. The molecular formula is C68H132O17P2. The van der Waals surface area contributed by atoms with Crippen LogP contribution in [0.4, 0.5) is 0 Å². The summed E-state index contributed by atoms with van der Waals surface area (Å²) in [5.74, 6) is 0.780. The fraction of sp³-hybridized carbons (Fsp3) is 0.941. The second-order valence-electron chi connectivity index (χ2n) is 26.2. The Kier molecular flexibility index (Phi) is 56.6. The molecule has 0 saturated heterocycles. The fourth-order valence-electron chi connectivity index (χ4n) is 10.1. The average Bonchev–Trinajstić information content (AvgIpc) is 3.60. The zero-order valence-electron chi connectivity index (χ0n) is 56.6. The first kappa shape index (κ1) is 85.1. The van der Waals surface area contributed by atoms with Crippen LogP contribution in [0.1, 0.15) is 331 Å². The molecule has 3 N–H and O–H groups in total. The molecule has 0 spiro atoms. The van der Waals surface area contributed by atoms with Crippen LogP contribution in [-0.2, 0) is 65.4 Å². The normalized spacial score (nSPS) is 14.6. The minimum absolute atomic E-state index is 0.102. The quantitative estimate of drug-likeness (QED) is 0.0222. The molecule has 0 aromatic rings. The first-order valence-corrected chi connectivity index (χ1v) is 38.2. The van der Waals surface area contributed by atoms with Gasteiger partial charge in [0.1, 0.15) is 19.3 Å². The summed E-state index contributed by atoms with van der Waals surface area (Å²) in [7, 11) is -9.89. The highest BCUT2D eigenvalue weighted by atomic mass is 31.2. The van der Waals surface area contributed by atoms with Crippen molar-refractivity contribution in [1.29, 1.82) is 0 Å². The van der Waals surface area contributed by atoms with Gasteiger partial charge in [0.2, 0.25) is 0 Å². The molecule has 0 fully saturated rings. The van der Waals surface area contributed by atoms with Gasteiger partial charge in [-0.15, -0.1) is 0 Å². The van der Waals surface area contributed by atoms with Gasteiger partial charge in [0.25, 0.3) is 0 Å². The fourth-order valence-corrected chi connectivity index (χ4v) is 11.7. The molecule has 0 aliphatic carbocycles. The number of rotatable bonds is 65. The Morgan fingerprint density at radius 1 is 0.322 bits per heavy atom. The van der Waals surface area contributed by atoms with Crippen LogP contribution >= 0.6 is 15.6 Å². The van der Waals surface area contributed by atoms with E-state index in [9.17, 15) is 43.2 Å². The standard InChI is InChI=1S/C68H132O17P2/c1-9-61(8)47-39-31-22-16-14-12-10-11-13-15-17-23-32-40-48-65(70)78-55-64(85-68(73)51-43-35-27-26-30-38-46-60(6)7)57-83-87(76,77)81-53-62(69)52-80-86(74,75)82-56-63(84-67(72)50-42-34-25-19-21-29-37-45-59(4)5)54-79-66(71)49-41-33-24-18-20-28-36-44-58(2)3/h58-64,69H,9-57H2,1-8H3,(H,74,75)(H,76,77)/t61?,62?,63-,64-/m1/s1. The van der Waals surface area contributed by atoms with E-state index in [1.54, 1.807) is 0 Å². The summed E-state index contributed by atoms with van der Waals surface area (Å²) < 4.78 is 68.1. The maximum atomic E-state index is 13.0. The Morgan fingerprint density at radius 3 is 0.816 bits per heavy atom. The minimum Gasteiger partial charge on any atom is -0.462 e. The van der Waals surface area contributed by atoms with Gasteiger partial charge in [-0.1, -0.05) is 280 Å². The van der Waals surface area contributed by atoms with Gasteiger partial charge in [0.05, 0.1) is 26.4 Å². The number of ether oxygens (including phenoxy) is 4. The average molecular weight is 1280 g/mol. The highest BCUT2D eigenvalue weighted by Gasteiger charge is 2.30. The molecule has 0 aromatic carbocycles. The number of esters is 4. The van der Waals surface area contributed by atoms with Gasteiger partial charge < -0.3 is 33.8 Å². The lowest BCUT2D eigenvalue weighted by molar-refractivity contribution is -0.161. The SMILES string of the molecule is CCC(C)CCCCCCCCCCCCCCCCC(=O)OC[C@H](COP(=O)(O)OCC(O)COP(=O)(O)OC[C@@H](COC(=O)CCCCCCCCCC(C)C)OC(=O)CCCCCCCCCC(C)C)OC(=O)CCCCCCCCC(C)C. The Hall–Kier alpha value is -1.94. The van der Waals surface area contributed by atoms with Crippen molar-refractivity contribution in [2.45, 2.75) is 350 Å². The third-order valence-electron chi connectivity index (χ3n) is 15.9. The molecule has 17 nitrogen and oxygen atoms in total. The van der Waals surface area contributed by atoms with Crippen molar-refractivity contribution in [1.82, 2.24) is 0 Å². The molecule has 0 aliphatic heterocycles. The number of aliphatic hydroxyl groups excluding tert-OH is 1. The molecule has 19 heteroatoms. The van der Waals surface area contributed by atoms with E-state index in [4.69, 9.17) is 37.0 Å². The molecule has 0 heterocycles. The smallest absolute Gasteiger partial charge is 0.462 e. The van der Waals surface area contributed by atoms with Crippen LogP contribution < -0.4 is 0 Å². The van der Waals surface area contributed by atoms with E-state index >= 15 is 0 Å². The van der Waals surface area contributed by atoms with Crippen LogP contribution in [0.2, 0.25) is 0 Å². The van der Waals surface area contributed by atoms with E-state index in [1.165, 1.54) is 128 Å². The van der Waals surface area contributed by atoms with Crippen molar-refractivity contribution in [3.8, 4) is 0 Å². The third kappa shape index (κ3) is 61.3. The van der Waals surface area contributed by atoms with Gasteiger partial charge in [0.15, 0.2) is 12.2 Å². The van der Waals surface area contributed by atoms with Crippen molar-refractivity contribution < 1.29 is 80.2 Å². The van der Waals surface area contributed by atoms with Crippen LogP contribution in [-0.4, -0.2) is 96.7 Å². The van der Waals surface area contributed by atoms with E-state index in [-0.39, 0.29) is 25.7 Å². The second kappa shape index (κ2) is 57.9. The number of carbonyl (C=O) groups is 4. The summed E-state index contributed by atoms with van der Waals surface area (Å²) >= 11 is 0. The first-order valence-electron chi connectivity index (χ1n) is 35.2. The zero-order chi connectivity index (χ0) is 64.7. The lowest BCUT2D eigenvalue weighted by atomic mass is 9.99. The van der Waals surface area contributed by atoms with Gasteiger partial charge >= 0.3 is 39.5 Å². The van der Waals surface area contributed by atoms with Crippen molar-refractivity contribution in [2.75, 3.05) is 39.6 Å². The Morgan fingerprint density at radius 2 is 0.552 bits per heavy atom. The highest BCUT2D eigenvalue weighted by Crippen LogP contribution is 2.45.